The molecule has 6 atom stereocenters. The van der Waals surface area contributed by atoms with E-state index in [1.807, 2.05) is 25.1 Å². The largest absolute Gasteiger partial charge is 0.468 e. The monoisotopic (exact) mass is 385 g/mol. The number of benzene rings is 1. The van der Waals surface area contributed by atoms with E-state index >= 15 is 0 Å². The number of methoxy groups -OCH3 is 1. The lowest BCUT2D eigenvalue weighted by Gasteiger charge is -2.50. The van der Waals surface area contributed by atoms with Crippen molar-refractivity contribution < 1.29 is 24.2 Å². The number of rotatable bonds is 2. The van der Waals surface area contributed by atoms with Gasteiger partial charge in [0.25, 0.3) is 0 Å². The van der Waals surface area contributed by atoms with Crippen LogP contribution in [0.15, 0.2) is 18.2 Å². The third-order valence-electron chi connectivity index (χ3n) is 8.55. The van der Waals surface area contributed by atoms with Crippen LogP contribution in [0.3, 0.4) is 0 Å². The molecule has 2 bridgehead atoms. The maximum Gasteiger partial charge on any atom is 0.315 e. The number of aliphatic hydroxyl groups excluding tert-OH is 1. The fraction of sp³-hybridized carbons (Fsp3) is 0.636. The first kappa shape index (κ1) is 18.1. The number of hydrogen-bond acceptors (Lipinski definition) is 5. The van der Waals surface area contributed by atoms with Crippen LogP contribution in [0.5, 0.6) is 0 Å². The van der Waals surface area contributed by atoms with Crippen LogP contribution in [0.2, 0.25) is 0 Å². The second-order valence-corrected chi connectivity index (χ2v) is 9.60. The fourth-order valence-corrected chi connectivity index (χ4v) is 6.97. The zero-order valence-electron chi connectivity index (χ0n) is 17.0. The number of hydrogen-bond donors (Lipinski definition) is 1. The van der Waals surface area contributed by atoms with Gasteiger partial charge in [-0.3, -0.25) is 9.59 Å². The van der Waals surface area contributed by atoms with Gasteiger partial charge < -0.3 is 19.5 Å². The van der Waals surface area contributed by atoms with Crippen molar-refractivity contribution >= 4 is 17.6 Å². The first-order chi connectivity index (χ1) is 13.2. The van der Waals surface area contributed by atoms with Crippen molar-refractivity contribution in [1.82, 2.24) is 0 Å². The summed E-state index contributed by atoms with van der Waals surface area (Å²) in [7, 11) is 3.19. The normalized spacial score (nSPS) is 41.8. The molecule has 6 nitrogen and oxygen atoms in total. The van der Waals surface area contributed by atoms with E-state index in [1.54, 1.807) is 11.9 Å². The van der Waals surface area contributed by atoms with Crippen LogP contribution in [-0.2, 0) is 24.5 Å². The second-order valence-electron chi connectivity index (χ2n) is 9.60. The molecule has 1 aromatic carbocycles. The van der Waals surface area contributed by atoms with Crippen LogP contribution < -0.4 is 4.90 Å². The summed E-state index contributed by atoms with van der Waals surface area (Å²) in [6.07, 6.45) is 0.00246. The Bertz CT molecular complexity index is 910. The molecule has 3 aliphatic heterocycles. The topological polar surface area (TPSA) is 76.1 Å². The zero-order valence-corrected chi connectivity index (χ0v) is 17.0. The van der Waals surface area contributed by atoms with Crippen LogP contribution >= 0.6 is 0 Å². The Kier molecular flexibility index (Phi) is 3.34. The van der Waals surface area contributed by atoms with Crippen LogP contribution in [0.4, 0.5) is 5.69 Å². The summed E-state index contributed by atoms with van der Waals surface area (Å²) in [4.78, 5) is 28.1. The summed E-state index contributed by atoms with van der Waals surface area (Å²) in [5.74, 6) is -0.542. The number of carbonyl (C=O) groups excluding carboxylic acids is 2. The highest BCUT2D eigenvalue weighted by Gasteiger charge is 2.78. The van der Waals surface area contributed by atoms with Gasteiger partial charge in [-0.05, 0) is 41.9 Å². The zero-order chi connectivity index (χ0) is 20.2. The highest BCUT2D eigenvalue weighted by molar-refractivity contribution is 6.06. The first-order valence-electron chi connectivity index (χ1n) is 9.93. The molecule has 3 heterocycles. The van der Waals surface area contributed by atoms with Gasteiger partial charge in [0.1, 0.15) is 5.41 Å². The molecule has 2 saturated heterocycles. The average molecular weight is 385 g/mol. The van der Waals surface area contributed by atoms with Gasteiger partial charge in [0.05, 0.1) is 37.3 Å². The maximum absolute atomic E-state index is 13.3. The lowest BCUT2D eigenvalue weighted by atomic mass is 9.50. The highest BCUT2D eigenvalue weighted by atomic mass is 16.5. The Hall–Kier alpha value is -1.92. The van der Waals surface area contributed by atoms with Crippen molar-refractivity contribution in [3.05, 3.63) is 29.3 Å². The van der Waals surface area contributed by atoms with E-state index < -0.39 is 10.8 Å². The number of anilines is 1. The van der Waals surface area contributed by atoms with Crippen LogP contribution in [0.1, 0.15) is 44.2 Å². The van der Waals surface area contributed by atoms with Crippen molar-refractivity contribution in [3.63, 3.8) is 0 Å². The van der Waals surface area contributed by atoms with Gasteiger partial charge in [-0.25, -0.2) is 0 Å². The minimum Gasteiger partial charge on any atom is -0.468 e. The lowest BCUT2D eigenvalue weighted by Crippen LogP contribution is -2.61. The third kappa shape index (κ3) is 1.58. The first-order valence-corrected chi connectivity index (χ1v) is 9.93. The Balaban J connectivity index is 1.90. The number of amides is 1. The number of esters is 1. The van der Waals surface area contributed by atoms with E-state index in [1.165, 1.54) is 7.11 Å². The van der Waals surface area contributed by atoms with Crippen molar-refractivity contribution in [2.45, 2.75) is 50.7 Å². The standard InChI is InChI=1S/C22H27NO5/c1-20(2)12-9-14-21(3,19(26)27-5)22(10-24,17(12)28-14)11-7-6-8-13-15(11)16(20)18(25)23(13)4/h6-8,12,14,16-17,24H,9-10H2,1-5H3/t12-,14-,16-,17+,21-,22-/m0/s1. The Morgan fingerprint density at radius 2 is 2.07 bits per heavy atom. The molecule has 4 aliphatic rings. The fourth-order valence-electron chi connectivity index (χ4n) is 6.97. The van der Waals surface area contributed by atoms with Crippen molar-refractivity contribution in [1.29, 1.82) is 0 Å². The molecule has 1 aromatic rings. The molecule has 0 unspecified atom stereocenters. The van der Waals surface area contributed by atoms with Gasteiger partial charge in [-0.15, -0.1) is 0 Å². The molecular weight excluding hydrogens is 358 g/mol. The van der Waals surface area contributed by atoms with Crippen LogP contribution in [0, 0.1) is 16.7 Å². The highest BCUT2D eigenvalue weighted by Crippen LogP contribution is 2.71. The minimum atomic E-state index is -1.01. The van der Waals surface area contributed by atoms with Crippen molar-refractivity contribution in [3.8, 4) is 0 Å². The van der Waals surface area contributed by atoms with Crippen molar-refractivity contribution in [2.75, 3.05) is 25.7 Å². The van der Waals surface area contributed by atoms with Gasteiger partial charge in [0.2, 0.25) is 5.91 Å². The summed E-state index contributed by atoms with van der Waals surface area (Å²) < 4.78 is 11.7. The predicted molar refractivity (Wildman–Crippen MR) is 102 cm³/mol. The number of aliphatic hydroxyl groups is 1. The molecular formula is C22H27NO5. The molecule has 2 fully saturated rings. The molecule has 6 heteroatoms. The van der Waals surface area contributed by atoms with Gasteiger partial charge in [0, 0.05) is 12.7 Å². The SMILES string of the molecule is COC(=O)[C@]1(C)[C@@H]2C[C@H]3[C@@H](O2)[C@]1(CO)c1cccc2c1[C@@H](C(=O)N2C)C3(C)C. The smallest absolute Gasteiger partial charge is 0.315 e. The van der Waals surface area contributed by atoms with Gasteiger partial charge in [-0.2, -0.15) is 0 Å². The minimum absolute atomic E-state index is 0.0584. The van der Waals surface area contributed by atoms with E-state index in [9.17, 15) is 14.7 Å². The maximum atomic E-state index is 13.3. The van der Waals surface area contributed by atoms with Crippen LogP contribution in [-0.4, -0.2) is 50.0 Å². The van der Waals surface area contributed by atoms with Crippen LogP contribution in [0.25, 0.3) is 0 Å². The molecule has 1 N–H and O–H groups in total. The second kappa shape index (κ2) is 5.16. The molecule has 0 aromatic heterocycles. The summed E-state index contributed by atoms with van der Waals surface area (Å²) >= 11 is 0. The van der Waals surface area contributed by atoms with E-state index in [4.69, 9.17) is 9.47 Å². The average Bonchev–Trinajstić information content (AvgIpc) is 3.30. The summed E-state index contributed by atoms with van der Waals surface area (Å²) in [5, 5.41) is 10.9. The molecule has 0 radical (unpaired) electrons. The van der Waals surface area contributed by atoms with E-state index in [2.05, 4.69) is 13.8 Å². The van der Waals surface area contributed by atoms with Gasteiger partial charge in [-0.1, -0.05) is 26.0 Å². The van der Waals surface area contributed by atoms with E-state index in [-0.39, 0.29) is 47.9 Å². The lowest BCUT2D eigenvalue weighted by molar-refractivity contribution is -0.161. The number of likely N-dealkylation sites (N-methyl/N-ethyl adjacent to an activating group) is 1. The Morgan fingerprint density at radius 3 is 2.71 bits per heavy atom. The molecule has 5 rings (SSSR count). The molecule has 0 saturated carbocycles. The van der Waals surface area contributed by atoms with E-state index in [0.29, 0.717) is 6.42 Å². The summed E-state index contributed by atoms with van der Waals surface area (Å²) in [5.41, 5.74) is 0.373. The molecule has 150 valence electrons. The number of ether oxygens (including phenoxy) is 2. The van der Waals surface area contributed by atoms with Gasteiger partial charge in [0.15, 0.2) is 0 Å². The van der Waals surface area contributed by atoms with Gasteiger partial charge >= 0.3 is 5.97 Å². The number of fused-ring (bicyclic) bond motifs is 2. The summed E-state index contributed by atoms with van der Waals surface area (Å²) in [6, 6.07) is 5.83. The predicted octanol–water partition coefficient (Wildman–Crippen LogP) is 1.98. The molecule has 1 aliphatic carbocycles. The van der Waals surface area contributed by atoms with Crippen molar-refractivity contribution in [2.24, 2.45) is 16.7 Å². The number of carbonyl (C=O) groups is 2. The Labute approximate surface area is 164 Å². The van der Waals surface area contributed by atoms with E-state index in [0.717, 1.165) is 16.8 Å². The summed E-state index contributed by atoms with van der Waals surface area (Å²) in [6.45, 7) is 5.90. The molecule has 28 heavy (non-hydrogen) atoms. The number of nitrogens with zero attached hydrogens (tertiary/aromatic N) is 1. The molecule has 0 spiro atoms. The quantitative estimate of drug-likeness (QED) is 0.788. The Morgan fingerprint density at radius 1 is 1.36 bits per heavy atom. The third-order valence-corrected chi connectivity index (χ3v) is 8.55. The molecule has 1 amide bonds.